The van der Waals surface area contributed by atoms with Gasteiger partial charge in [0.15, 0.2) is 0 Å². The van der Waals surface area contributed by atoms with Gasteiger partial charge < -0.3 is 4.98 Å². The fourth-order valence-corrected chi connectivity index (χ4v) is 1.94. The lowest BCUT2D eigenvalue weighted by molar-refractivity contribution is 0.762. The van der Waals surface area contributed by atoms with E-state index in [1.807, 2.05) is 0 Å². The average Bonchev–Trinajstić information content (AvgIpc) is 2.50. The summed E-state index contributed by atoms with van der Waals surface area (Å²) in [5, 5.41) is 1.14. The molecule has 2 aromatic rings. The molecule has 2 rings (SSSR count). The lowest BCUT2D eigenvalue weighted by Crippen LogP contribution is -2.16. The first kappa shape index (κ1) is 10.3. The third kappa shape index (κ3) is 2.43. The molecule has 0 bridgehead atoms. The van der Waals surface area contributed by atoms with Crippen molar-refractivity contribution in [3.63, 3.8) is 0 Å². The Kier molecular flexibility index (Phi) is 2.84. The molecule has 1 aromatic carbocycles. The molecule has 0 saturated carbocycles. The summed E-state index contributed by atoms with van der Waals surface area (Å²) in [5.41, 5.74) is 0.750. The summed E-state index contributed by atoms with van der Waals surface area (Å²) < 4.78 is 1.54. The van der Waals surface area contributed by atoms with E-state index >= 15 is 0 Å². The lowest BCUT2D eigenvalue weighted by atomic mass is 10.2. The van der Waals surface area contributed by atoms with Gasteiger partial charge in [-0.1, -0.05) is 23.2 Å². The third-order valence-corrected chi connectivity index (χ3v) is 2.43. The van der Waals surface area contributed by atoms with Crippen LogP contribution in [0.4, 0.5) is 0 Å². The number of halogens is 2. The van der Waals surface area contributed by atoms with E-state index in [9.17, 15) is 4.79 Å². The van der Waals surface area contributed by atoms with Crippen LogP contribution in [0.3, 0.4) is 0 Å². The number of imidazole rings is 1. The first-order chi connectivity index (χ1) is 7.15. The molecule has 0 aliphatic carbocycles. The minimum absolute atomic E-state index is 0.147. The molecule has 1 N–H and O–H groups in total. The molecular weight excluding hydrogens is 235 g/mol. The molecule has 0 atom stereocenters. The standard InChI is InChI=1S/C10H8Cl2N2O/c11-8-3-7(4-9(12)5-8)6-14-2-1-13-10(14)15/h1-5H,6H2,(H,13,15). The quantitative estimate of drug-likeness (QED) is 0.864. The molecule has 15 heavy (non-hydrogen) atoms. The molecular formula is C10H8Cl2N2O. The molecule has 3 nitrogen and oxygen atoms in total. The second-order valence-electron chi connectivity index (χ2n) is 3.17. The Labute approximate surface area is 96.3 Å². The van der Waals surface area contributed by atoms with E-state index in [2.05, 4.69) is 4.98 Å². The Bertz CT molecular complexity index is 510. The molecule has 0 saturated heterocycles. The van der Waals surface area contributed by atoms with Crippen molar-refractivity contribution in [2.45, 2.75) is 6.54 Å². The number of benzene rings is 1. The second kappa shape index (κ2) is 4.13. The van der Waals surface area contributed by atoms with Crippen molar-refractivity contribution in [1.82, 2.24) is 9.55 Å². The molecule has 0 fully saturated rings. The average molecular weight is 243 g/mol. The van der Waals surface area contributed by atoms with Crippen molar-refractivity contribution in [2.24, 2.45) is 0 Å². The molecule has 0 radical (unpaired) electrons. The van der Waals surface area contributed by atoms with Crippen LogP contribution in [-0.4, -0.2) is 9.55 Å². The zero-order valence-corrected chi connectivity index (χ0v) is 9.22. The topological polar surface area (TPSA) is 37.8 Å². The normalized spacial score (nSPS) is 10.5. The van der Waals surface area contributed by atoms with Crippen LogP contribution in [0.15, 0.2) is 35.4 Å². The summed E-state index contributed by atoms with van der Waals surface area (Å²) in [6.07, 6.45) is 3.27. The molecule has 0 aliphatic heterocycles. The van der Waals surface area contributed by atoms with Crippen molar-refractivity contribution in [1.29, 1.82) is 0 Å². The zero-order valence-electron chi connectivity index (χ0n) is 7.71. The van der Waals surface area contributed by atoms with Gasteiger partial charge in [0.05, 0.1) is 6.54 Å². The molecule has 78 valence electrons. The van der Waals surface area contributed by atoms with Gasteiger partial charge in [0.25, 0.3) is 0 Å². The summed E-state index contributed by atoms with van der Waals surface area (Å²) in [4.78, 5) is 13.8. The van der Waals surface area contributed by atoms with E-state index in [0.717, 1.165) is 5.56 Å². The van der Waals surface area contributed by atoms with Crippen molar-refractivity contribution in [3.05, 3.63) is 56.7 Å². The Morgan fingerprint density at radius 2 is 1.87 bits per heavy atom. The molecule has 1 aromatic heterocycles. The van der Waals surface area contributed by atoms with Gasteiger partial charge >= 0.3 is 5.69 Å². The largest absolute Gasteiger partial charge is 0.325 e. The Balaban J connectivity index is 2.32. The van der Waals surface area contributed by atoms with Crippen molar-refractivity contribution in [2.75, 3.05) is 0 Å². The van der Waals surface area contributed by atoms with Gasteiger partial charge in [0.1, 0.15) is 0 Å². The number of aromatic nitrogens is 2. The fraction of sp³-hybridized carbons (Fsp3) is 0.100. The van der Waals surface area contributed by atoms with Crippen LogP contribution in [0.5, 0.6) is 0 Å². The highest BCUT2D eigenvalue weighted by Gasteiger charge is 2.01. The minimum Gasteiger partial charge on any atom is -0.313 e. The molecule has 5 heteroatoms. The molecule has 0 aliphatic rings. The van der Waals surface area contributed by atoms with E-state index in [1.54, 1.807) is 35.2 Å². The van der Waals surface area contributed by atoms with Crippen molar-refractivity contribution < 1.29 is 0 Å². The molecule has 0 amide bonds. The van der Waals surface area contributed by atoms with Gasteiger partial charge in [0, 0.05) is 22.4 Å². The lowest BCUT2D eigenvalue weighted by Gasteiger charge is -2.03. The maximum atomic E-state index is 11.2. The van der Waals surface area contributed by atoms with Gasteiger partial charge in [0.2, 0.25) is 0 Å². The van der Waals surface area contributed by atoms with Gasteiger partial charge in [-0.3, -0.25) is 4.57 Å². The van der Waals surface area contributed by atoms with E-state index < -0.39 is 0 Å². The monoisotopic (exact) mass is 242 g/mol. The Hall–Kier alpha value is -1.19. The van der Waals surface area contributed by atoms with E-state index in [4.69, 9.17) is 23.2 Å². The number of nitrogens with one attached hydrogen (secondary N) is 1. The van der Waals surface area contributed by atoms with Crippen LogP contribution in [0.2, 0.25) is 10.0 Å². The van der Waals surface area contributed by atoms with Crippen LogP contribution >= 0.6 is 23.2 Å². The van der Waals surface area contributed by atoms with Crippen molar-refractivity contribution in [3.8, 4) is 0 Å². The number of aromatic amines is 1. The maximum Gasteiger partial charge on any atom is 0.325 e. The fourth-order valence-electron chi connectivity index (χ4n) is 1.37. The van der Waals surface area contributed by atoms with Crippen LogP contribution in [0, 0.1) is 0 Å². The van der Waals surface area contributed by atoms with Gasteiger partial charge in [-0.2, -0.15) is 0 Å². The summed E-state index contributed by atoms with van der Waals surface area (Å²) in [5.74, 6) is 0. The number of H-pyrrole nitrogens is 1. The third-order valence-electron chi connectivity index (χ3n) is 2.00. The highest BCUT2D eigenvalue weighted by atomic mass is 35.5. The first-order valence-electron chi connectivity index (χ1n) is 4.34. The maximum absolute atomic E-state index is 11.2. The Morgan fingerprint density at radius 1 is 1.20 bits per heavy atom. The van der Waals surface area contributed by atoms with E-state index in [1.165, 1.54) is 0 Å². The van der Waals surface area contributed by atoms with E-state index in [0.29, 0.717) is 16.6 Å². The van der Waals surface area contributed by atoms with Gasteiger partial charge in [-0.15, -0.1) is 0 Å². The first-order valence-corrected chi connectivity index (χ1v) is 5.09. The van der Waals surface area contributed by atoms with Gasteiger partial charge in [-0.25, -0.2) is 4.79 Å². The summed E-state index contributed by atoms with van der Waals surface area (Å²) in [7, 11) is 0. The highest BCUT2D eigenvalue weighted by Crippen LogP contribution is 2.19. The highest BCUT2D eigenvalue weighted by molar-refractivity contribution is 6.34. The molecule has 0 unspecified atom stereocenters. The van der Waals surface area contributed by atoms with Crippen LogP contribution in [-0.2, 0) is 6.54 Å². The molecule has 1 heterocycles. The van der Waals surface area contributed by atoms with Gasteiger partial charge in [-0.05, 0) is 23.8 Å². The Morgan fingerprint density at radius 3 is 2.40 bits per heavy atom. The number of rotatable bonds is 2. The summed E-state index contributed by atoms with van der Waals surface area (Å²) >= 11 is 11.7. The van der Waals surface area contributed by atoms with Crippen LogP contribution in [0.25, 0.3) is 0 Å². The van der Waals surface area contributed by atoms with Crippen molar-refractivity contribution >= 4 is 23.2 Å². The summed E-state index contributed by atoms with van der Waals surface area (Å²) in [6, 6.07) is 5.23. The smallest absolute Gasteiger partial charge is 0.313 e. The number of hydrogen-bond acceptors (Lipinski definition) is 1. The van der Waals surface area contributed by atoms with Crippen LogP contribution < -0.4 is 5.69 Å². The predicted octanol–water partition coefficient (Wildman–Crippen LogP) is 2.53. The zero-order chi connectivity index (χ0) is 10.8. The minimum atomic E-state index is -0.147. The second-order valence-corrected chi connectivity index (χ2v) is 4.04. The number of nitrogens with zero attached hydrogens (tertiary/aromatic N) is 1. The SMILES string of the molecule is O=c1[nH]ccn1Cc1cc(Cl)cc(Cl)c1. The summed E-state index contributed by atoms with van der Waals surface area (Å²) in [6.45, 7) is 0.461. The van der Waals surface area contributed by atoms with Crippen LogP contribution in [0.1, 0.15) is 5.56 Å². The molecule has 0 spiro atoms. The number of hydrogen-bond donors (Lipinski definition) is 1. The predicted molar refractivity (Wildman–Crippen MR) is 60.6 cm³/mol. The van der Waals surface area contributed by atoms with E-state index in [-0.39, 0.29) is 5.69 Å².